The molecule has 0 saturated carbocycles. The molecule has 5 aromatic carbocycles. The number of fused-ring (bicyclic) bond motifs is 3. The van der Waals surface area contributed by atoms with Gasteiger partial charge in [-0.3, -0.25) is 4.99 Å². The lowest BCUT2D eigenvalue weighted by Crippen LogP contribution is -2.43. The standard InChI is InChI=1S/C30H25F3N6O.C30H33FN6O.C29H27F3N6O/c1-3-18-4-6-19(7-5-18)24-16-23-28(36-24)34-17-35-29(23)39-14-12-21(13-15-39)27-37-25(26(38-27)30(31,32)33)20-8-10-22(40-2)11-9-20;1-19-25(21-5-7-24(38-4)8-6-21)15-28(35-19)30(3)9-11-36(12-10-30)29-26-13-22(14-27(26)32-18-33-29)23-16-34-37(17-23)20(2)31;1-17-3-5-18(6-4-17)23-15-22-27(35-23)33-16-34-28(22)38-13-11-20(12-14-38)26-36-24(25(37-26)29(30,31)32)19-7-9-21(39-2)10-8-19/h1,4-11,16-17,21H,12-15H2,2H3,(H,37,38)(H,34,35,36);5-8,13,16-18,20H,9-12,14-15H2,1-4H3;3-10,15-16,20H,11-14H2,1-2H3,(H,36,37)(H,33,34,35). The third kappa shape index (κ3) is 16.3. The largest absolute Gasteiger partial charge is 0.497 e. The van der Waals surface area contributed by atoms with E-state index in [1.54, 1.807) is 80.7 Å². The molecule has 117 heavy (non-hydrogen) atoms. The number of hydrogen-bond acceptors (Lipinski definition) is 16. The van der Waals surface area contributed by atoms with Crippen LogP contribution in [0.1, 0.15) is 140 Å². The molecule has 1 atom stereocenters. The van der Waals surface area contributed by atoms with Crippen LogP contribution >= 0.6 is 0 Å². The van der Waals surface area contributed by atoms with Gasteiger partial charge in [0, 0.05) is 126 Å². The van der Waals surface area contributed by atoms with E-state index in [1.807, 2.05) is 42.5 Å². The number of aromatic nitrogens is 14. The minimum Gasteiger partial charge on any atom is -0.497 e. The van der Waals surface area contributed by atoms with Gasteiger partial charge in [0.05, 0.1) is 44.0 Å². The highest BCUT2D eigenvalue weighted by Gasteiger charge is 2.42. The number of piperidine rings is 3. The van der Waals surface area contributed by atoms with E-state index in [0.29, 0.717) is 98.2 Å². The molecule has 0 amide bonds. The second kappa shape index (κ2) is 32.4. The van der Waals surface area contributed by atoms with E-state index in [4.69, 9.17) is 30.6 Å². The van der Waals surface area contributed by atoms with Gasteiger partial charge in [-0.1, -0.05) is 66.9 Å². The predicted octanol–water partition coefficient (Wildman–Crippen LogP) is 19.3. The summed E-state index contributed by atoms with van der Waals surface area (Å²) >= 11 is 0. The molecule has 0 bridgehead atoms. The molecule has 0 spiro atoms. The number of H-pyrrole nitrogens is 4. The number of benzene rings is 5. The summed E-state index contributed by atoms with van der Waals surface area (Å²) in [6, 6.07) is 41.2. The van der Waals surface area contributed by atoms with Crippen LogP contribution < -0.4 is 28.9 Å². The summed E-state index contributed by atoms with van der Waals surface area (Å²) in [4.78, 5) is 59.8. The summed E-state index contributed by atoms with van der Waals surface area (Å²) in [5.41, 5.74) is 15.4. The molecule has 1 unspecified atom stereocenters. The van der Waals surface area contributed by atoms with Gasteiger partial charge in [-0.05, 0) is 178 Å². The maximum Gasteiger partial charge on any atom is 0.433 e. The first-order valence-electron chi connectivity index (χ1n) is 38.8. The summed E-state index contributed by atoms with van der Waals surface area (Å²) < 4.78 is 114. The smallest absolute Gasteiger partial charge is 0.433 e. The van der Waals surface area contributed by atoms with Gasteiger partial charge in [0.1, 0.15) is 99.4 Å². The van der Waals surface area contributed by atoms with E-state index in [9.17, 15) is 30.7 Å². The van der Waals surface area contributed by atoms with Crippen molar-refractivity contribution in [1.29, 1.82) is 0 Å². The number of ether oxygens (including phenoxy) is 3. The number of alkyl halides is 7. The zero-order chi connectivity index (χ0) is 81.4. The van der Waals surface area contributed by atoms with Crippen LogP contribution in [0.3, 0.4) is 0 Å². The molecule has 3 saturated heterocycles. The number of aliphatic imine (C=N–C) groups is 1. The number of nitrogens with zero attached hydrogens (tertiary/aromatic N) is 14. The van der Waals surface area contributed by atoms with Gasteiger partial charge in [-0.25, -0.2) is 48.9 Å². The van der Waals surface area contributed by atoms with Crippen LogP contribution in [0, 0.1) is 24.7 Å². The molecule has 8 aromatic heterocycles. The highest BCUT2D eigenvalue weighted by Crippen LogP contribution is 2.46. The van der Waals surface area contributed by atoms with Crippen molar-refractivity contribution in [2.24, 2.45) is 10.4 Å². The summed E-state index contributed by atoms with van der Waals surface area (Å²) in [6.45, 7) is 12.4. The average Bonchev–Trinajstić information content (AvgIpc) is 1.28. The summed E-state index contributed by atoms with van der Waals surface area (Å²) in [5, 5.41) is 5.97. The van der Waals surface area contributed by atoms with Gasteiger partial charge >= 0.3 is 12.4 Å². The first-order valence-corrected chi connectivity index (χ1v) is 38.8. The Morgan fingerprint density at radius 2 is 0.974 bits per heavy atom. The van der Waals surface area contributed by atoms with E-state index >= 15 is 0 Å². The number of aromatic amines is 4. The Bertz CT molecular complexity index is 5890. The topological polar surface area (TPSA) is 234 Å². The fourth-order valence-corrected chi connectivity index (χ4v) is 16.2. The molecule has 4 aliphatic heterocycles. The summed E-state index contributed by atoms with van der Waals surface area (Å²) in [7, 11) is 4.72. The fraction of sp³-hybridized carbons (Fsp3) is 0.303. The summed E-state index contributed by atoms with van der Waals surface area (Å²) in [6.07, 6.45) is 11.8. The number of hydrogen-bond donors (Lipinski definition) is 4. The second-order valence-corrected chi connectivity index (χ2v) is 30.3. The maximum absolute atomic E-state index is 13.9. The van der Waals surface area contributed by atoms with Crippen molar-refractivity contribution >= 4 is 62.5 Å². The molecular weight excluding hydrogens is 1500 g/mol. The molecule has 598 valence electrons. The molecule has 12 heterocycles. The monoisotopic (exact) mass is 1590 g/mol. The van der Waals surface area contributed by atoms with Crippen LogP contribution in [-0.2, 0) is 18.8 Å². The van der Waals surface area contributed by atoms with Gasteiger partial charge in [0.2, 0.25) is 0 Å². The van der Waals surface area contributed by atoms with Gasteiger partial charge in [0.15, 0.2) is 6.30 Å². The van der Waals surface area contributed by atoms with Crippen molar-refractivity contribution in [3.05, 3.63) is 227 Å². The van der Waals surface area contributed by atoms with Crippen molar-refractivity contribution in [3.8, 4) is 74.6 Å². The number of anilines is 3. The number of nitrogens with one attached hydrogen (secondary N) is 4. The van der Waals surface area contributed by atoms with Crippen LogP contribution in [0.2, 0.25) is 0 Å². The number of allylic oxidation sites excluding steroid dienone is 3. The minimum absolute atomic E-state index is 0.0564. The Balaban J connectivity index is 0.000000131. The molecule has 4 N–H and O–H groups in total. The van der Waals surface area contributed by atoms with Gasteiger partial charge < -0.3 is 48.8 Å². The van der Waals surface area contributed by atoms with Crippen molar-refractivity contribution in [3.63, 3.8) is 0 Å². The second-order valence-electron chi connectivity index (χ2n) is 30.3. The van der Waals surface area contributed by atoms with Gasteiger partial charge in [-0.15, -0.1) is 6.42 Å². The maximum atomic E-state index is 13.9. The average molecular weight is 1590 g/mol. The number of terminal acetylenes is 1. The Morgan fingerprint density at radius 1 is 0.530 bits per heavy atom. The normalized spacial score (nSPS) is 16.1. The Kier molecular flexibility index (Phi) is 21.6. The van der Waals surface area contributed by atoms with E-state index in [2.05, 4.69) is 150 Å². The van der Waals surface area contributed by atoms with Crippen LogP contribution in [-0.4, -0.2) is 136 Å². The van der Waals surface area contributed by atoms with E-state index in [0.717, 1.165) is 128 Å². The van der Waals surface area contributed by atoms with Crippen molar-refractivity contribution in [2.45, 2.75) is 110 Å². The minimum atomic E-state index is -4.55. The lowest BCUT2D eigenvalue weighted by Gasteiger charge is -2.40. The van der Waals surface area contributed by atoms with Crippen molar-refractivity contribution in [2.75, 3.05) is 75.3 Å². The third-order valence-electron chi connectivity index (χ3n) is 23.0. The zero-order valence-corrected chi connectivity index (χ0v) is 65.5. The van der Waals surface area contributed by atoms with Crippen LogP contribution in [0.25, 0.3) is 84.3 Å². The highest BCUT2D eigenvalue weighted by atomic mass is 19.4. The number of rotatable bonds is 16. The molecule has 5 aliphatic rings. The lowest BCUT2D eigenvalue weighted by atomic mass is 9.74. The molecule has 18 rings (SSSR count). The number of aryl methyl sites for hydroxylation is 1. The number of methoxy groups -OCH3 is 3. The van der Waals surface area contributed by atoms with Gasteiger partial charge in [-0.2, -0.15) is 31.4 Å². The first-order chi connectivity index (χ1) is 56.5. The Labute approximate surface area is 670 Å². The molecule has 13 aromatic rings. The number of imidazole rings is 2. The van der Waals surface area contributed by atoms with Crippen LogP contribution in [0.5, 0.6) is 17.2 Å². The molecule has 1 aliphatic carbocycles. The van der Waals surface area contributed by atoms with Crippen LogP contribution in [0.15, 0.2) is 176 Å². The molecular formula is C89H85F7N18O3. The van der Waals surface area contributed by atoms with E-state index in [1.165, 1.54) is 54.6 Å². The van der Waals surface area contributed by atoms with Crippen LogP contribution in [0.4, 0.5) is 48.2 Å². The molecule has 28 heteroatoms. The highest BCUT2D eigenvalue weighted by molar-refractivity contribution is 6.03. The summed E-state index contributed by atoms with van der Waals surface area (Å²) in [5.74, 6) is 7.68. The molecule has 0 radical (unpaired) electrons. The SMILES string of the molecule is C#Cc1ccc(-c2cc3c(N4CCC(c5nc(-c6ccc(OC)cc6)c(C(F)(F)F)[nH]5)CC4)ncnc3[nH]2)cc1.COc1ccc(-c2nc(C3CCN(c4ncnc5[nH]c(-c6ccc(C)cc6)cc45)CC3)[nH]c2C(F)(F)F)cc1.COc1ccc(C2=C(C)N=C(C3(C)CCN(c4ncnc5c4C=C(c4cnn(C(C)F)c4)C5)CC3)C2)cc1. The van der Waals surface area contributed by atoms with Crippen molar-refractivity contribution in [1.82, 2.24) is 69.6 Å². The van der Waals surface area contributed by atoms with E-state index < -0.39 is 30.0 Å². The molecule has 3 fully saturated rings. The fourth-order valence-electron chi connectivity index (χ4n) is 16.2. The van der Waals surface area contributed by atoms with E-state index in [-0.39, 0.29) is 28.6 Å². The van der Waals surface area contributed by atoms with Gasteiger partial charge in [0.25, 0.3) is 0 Å². The Hall–Kier alpha value is -12.9. The quantitative estimate of drug-likeness (QED) is 0.0520. The number of halogens is 7. The van der Waals surface area contributed by atoms with Crippen molar-refractivity contribution < 1.29 is 44.9 Å². The predicted molar refractivity (Wildman–Crippen MR) is 440 cm³/mol. The molecule has 21 nitrogen and oxygen atoms in total. The Morgan fingerprint density at radius 3 is 1.43 bits per heavy atom. The lowest BCUT2D eigenvalue weighted by molar-refractivity contribution is -0.141. The third-order valence-corrected chi connectivity index (χ3v) is 23.0. The first kappa shape index (κ1) is 78.0. The zero-order valence-electron chi connectivity index (χ0n) is 65.5.